The molecular weight excluding hydrogens is 486 g/mol. The Morgan fingerprint density at radius 3 is 1.92 bits per heavy atom. The SMILES string of the molecule is Nc1c(Cl)cc(Br)cc1C(=O)O.Nc1c(Cl)cc(Br)cc1CO.[B]. The molecule has 0 aliphatic rings. The number of carboxylic acids is 1. The molecule has 3 radical (unpaired) electrons. The molecule has 0 amide bonds. The number of aliphatic hydroxyl groups is 1. The van der Waals surface area contributed by atoms with Gasteiger partial charge in [0.25, 0.3) is 0 Å². The lowest BCUT2D eigenvalue weighted by Crippen LogP contribution is -2.02. The summed E-state index contributed by atoms with van der Waals surface area (Å²) in [5.41, 5.74) is 12.2. The van der Waals surface area contributed by atoms with Crippen LogP contribution in [-0.4, -0.2) is 24.6 Å². The van der Waals surface area contributed by atoms with Crippen molar-refractivity contribution in [1.29, 1.82) is 0 Å². The molecule has 0 unspecified atom stereocenters. The average molecular weight is 498 g/mol. The summed E-state index contributed by atoms with van der Waals surface area (Å²) in [6.07, 6.45) is 0. The van der Waals surface area contributed by atoms with Crippen molar-refractivity contribution in [3.8, 4) is 0 Å². The van der Waals surface area contributed by atoms with Crippen LogP contribution in [-0.2, 0) is 6.61 Å². The van der Waals surface area contributed by atoms with E-state index in [-0.39, 0.29) is 31.3 Å². The number of benzene rings is 2. The molecular formula is C14H12BBr2Cl2N2O3. The molecule has 2 aromatic rings. The van der Waals surface area contributed by atoms with Gasteiger partial charge in [-0.3, -0.25) is 0 Å². The van der Waals surface area contributed by atoms with Gasteiger partial charge < -0.3 is 21.7 Å². The summed E-state index contributed by atoms with van der Waals surface area (Å²) in [6.45, 7) is -0.0923. The fraction of sp³-hybridized carbons (Fsp3) is 0.0714. The summed E-state index contributed by atoms with van der Waals surface area (Å²) in [6, 6.07) is 6.38. The van der Waals surface area contributed by atoms with Crippen molar-refractivity contribution in [2.24, 2.45) is 0 Å². The smallest absolute Gasteiger partial charge is 0.337 e. The van der Waals surface area contributed by atoms with Crippen molar-refractivity contribution in [3.63, 3.8) is 0 Å². The fourth-order valence-electron chi connectivity index (χ4n) is 1.53. The minimum absolute atomic E-state index is 0. The third kappa shape index (κ3) is 6.18. The molecule has 2 rings (SSSR count). The predicted molar refractivity (Wildman–Crippen MR) is 106 cm³/mol. The Labute approximate surface area is 167 Å². The monoisotopic (exact) mass is 495 g/mol. The zero-order valence-electron chi connectivity index (χ0n) is 12.1. The first kappa shape index (κ1) is 23.1. The molecule has 0 atom stereocenters. The highest BCUT2D eigenvalue weighted by Gasteiger charge is 2.11. The van der Waals surface area contributed by atoms with Gasteiger partial charge in [-0.2, -0.15) is 0 Å². The summed E-state index contributed by atoms with van der Waals surface area (Å²) in [5.74, 6) is -1.09. The molecule has 0 aliphatic carbocycles. The van der Waals surface area contributed by atoms with Crippen LogP contribution < -0.4 is 11.5 Å². The van der Waals surface area contributed by atoms with Crippen LogP contribution in [0.15, 0.2) is 33.2 Å². The molecule has 6 N–H and O–H groups in total. The number of anilines is 2. The van der Waals surface area contributed by atoms with E-state index in [1.807, 2.05) is 0 Å². The van der Waals surface area contributed by atoms with E-state index in [1.165, 1.54) is 6.07 Å². The van der Waals surface area contributed by atoms with E-state index in [0.717, 1.165) is 4.47 Å². The van der Waals surface area contributed by atoms with Gasteiger partial charge in [0.15, 0.2) is 0 Å². The van der Waals surface area contributed by atoms with E-state index in [0.29, 0.717) is 20.7 Å². The molecule has 0 aromatic heterocycles. The molecule has 0 spiro atoms. The first-order valence-corrected chi connectivity index (χ1v) is 8.33. The molecule has 127 valence electrons. The van der Waals surface area contributed by atoms with Crippen molar-refractivity contribution in [1.82, 2.24) is 0 Å². The number of carboxylic acid groups (broad SMARTS) is 1. The Morgan fingerprint density at radius 1 is 1.00 bits per heavy atom. The number of nitrogens with two attached hydrogens (primary N) is 2. The summed E-state index contributed by atoms with van der Waals surface area (Å²) >= 11 is 17.7. The molecule has 5 nitrogen and oxygen atoms in total. The van der Waals surface area contributed by atoms with Crippen molar-refractivity contribution in [2.45, 2.75) is 6.61 Å². The van der Waals surface area contributed by atoms with E-state index in [1.54, 1.807) is 18.2 Å². The highest BCUT2D eigenvalue weighted by Crippen LogP contribution is 2.28. The second-order valence-corrected chi connectivity index (χ2v) is 6.92. The topological polar surface area (TPSA) is 110 Å². The molecule has 0 heterocycles. The lowest BCUT2D eigenvalue weighted by Gasteiger charge is -2.04. The minimum Gasteiger partial charge on any atom is -0.478 e. The van der Waals surface area contributed by atoms with Crippen LogP contribution >= 0.6 is 55.1 Å². The van der Waals surface area contributed by atoms with Crippen molar-refractivity contribution in [3.05, 3.63) is 54.4 Å². The quantitative estimate of drug-likeness (QED) is 0.368. The van der Waals surface area contributed by atoms with Crippen LogP contribution in [0.25, 0.3) is 0 Å². The third-order valence-corrected chi connectivity index (χ3v) is 4.22. The van der Waals surface area contributed by atoms with Crippen LogP contribution in [0, 0.1) is 0 Å². The van der Waals surface area contributed by atoms with Gasteiger partial charge in [-0.05, 0) is 24.3 Å². The zero-order valence-corrected chi connectivity index (χ0v) is 16.7. The molecule has 24 heavy (non-hydrogen) atoms. The van der Waals surface area contributed by atoms with Crippen LogP contribution in [0.1, 0.15) is 15.9 Å². The number of halogens is 4. The first-order valence-electron chi connectivity index (χ1n) is 5.99. The molecule has 2 aromatic carbocycles. The average Bonchev–Trinajstić information content (AvgIpc) is 2.47. The molecule has 0 aliphatic heterocycles. The van der Waals surface area contributed by atoms with Crippen LogP contribution in [0.3, 0.4) is 0 Å². The molecule has 0 saturated carbocycles. The maximum Gasteiger partial charge on any atom is 0.337 e. The van der Waals surface area contributed by atoms with E-state index in [2.05, 4.69) is 31.9 Å². The second kappa shape index (κ2) is 10.2. The number of hydrogen-bond acceptors (Lipinski definition) is 4. The Kier molecular flexibility index (Phi) is 9.76. The molecule has 10 heteroatoms. The second-order valence-electron chi connectivity index (χ2n) is 4.27. The van der Waals surface area contributed by atoms with Crippen LogP contribution in [0.2, 0.25) is 10.0 Å². The van der Waals surface area contributed by atoms with Gasteiger partial charge in [-0.25, -0.2) is 4.79 Å². The largest absolute Gasteiger partial charge is 0.478 e. The maximum atomic E-state index is 10.6. The van der Waals surface area contributed by atoms with E-state index < -0.39 is 5.97 Å². The normalized spacial score (nSPS) is 9.54. The van der Waals surface area contributed by atoms with E-state index in [4.69, 9.17) is 44.9 Å². The van der Waals surface area contributed by atoms with Gasteiger partial charge in [-0.1, -0.05) is 55.1 Å². The van der Waals surface area contributed by atoms with Crippen LogP contribution in [0.4, 0.5) is 11.4 Å². The number of carbonyl (C=O) groups is 1. The lowest BCUT2D eigenvalue weighted by atomic mass is 10.2. The standard InChI is InChI=1S/C7H5BrClNO2.C7H7BrClNO.B/c8-3-1-4(7(11)12)6(10)5(9)2-3;8-5-1-4(3-11)7(10)6(9)2-5;/h1-2H,10H2,(H,11,12);1-2,11H,3,10H2;. The number of nitrogen functional groups attached to an aromatic ring is 2. The van der Waals surface area contributed by atoms with Gasteiger partial charge in [0, 0.05) is 22.9 Å². The zero-order chi connectivity index (χ0) is 17.7. The summed E-state index contributed by atoms with van der Waals surface area (Å²) in [5, 5.41) is 18.2. The number of hydrogen-bond donors (Lipinski definition) is 4. The highest BCUT2D eigenvalue weighted by atomic mass is 79.9. The highest BCUT2D eigenvalue weighted by molar-refractivity contribution is 9.10. The van der Waals surface area contributed by atoms with Crippen molar-refractivity contribution >= 4 is 80.8 Å². The summed E-state index contributed by atoms with van der Waals surface area (Å²) in [4.78, 5) is 10.6. The van der Waals surface area contributed by atoms with Crippen molar-refractivity contribution < 1.29 is 15.0 Å². The third-order valence-electron chi connectivity index (χ3n) is 2.68. The Balaban J connectivity index is 0.000000425. The summed E-state index contributed by atoms with van der Waals surface area (Å²) < 4.78 is 1.42. The Morgan fingerprint density at radius 2 is 1.46 bits per heavy atom. The Bertz CT molecular complexity index is 748. The van der Waals surface area contributed by atoms with Gasteiger partial charge in [-0.15, -0.1) is 0 Å². The molecule has 0 bridgehead atoms. The maximum absolute atomic E-state index is 10.6. The first-order chi connectivity index (χ1) is 10.7. The van der Waals surface area contributed by atoms with Crippen molar-refractivity contribution in [2.75, 3.05) is 11.5 Å². The molecule has 0 fully saturated rings. The molecule has 0 saturated heterocycles. The van der Waals surface area contributed by atoms with Gasteiger partial charge in [0.2, 0.25) is 0 Å². The Hall–Kier alpha value is -0.925. The number of aliphatic hydroxyl groups excluding tert-OH is 1. The van der Waals surface area contributed by atoms with Gasteiger partial charge >= 0.3 is 5.97 Å². The summed E-state index contributed by atoms with van der Waals surface area (Å²) in [7, 11) is 0. The van der Waals surface area contributed by atoms with E-state index >= 15 is 0 Å². The minimum atomic E-state index is -1.09. The van der Waals surface area contributed by atoms with Crippen LogP contribution in [0.5, 0.6) is 0 Å². The fourth-order valence-corrected chi connectivity index (χ4v) is 3.22. The number of rotatable bonds is 2. The van der Waals surface area contributed by atoms with Gasteiger partial charge in [0.1, 0.15) is 0 Å². The predicted octanol–water partition coefficient (Wildman–Crippen LogP) is 4.18. The number of aromatic carboxylic acids is 1. The lowest BCUT2D eigenvalue weighted by molar-refractivity contribution is 0.0698. The van der Waals surface area contributed by atoms with Gasteiger partial charge in [0.05, 0.1) is 33.6 Å². The van der Waals surface area contributed by atoms with E-state index in [9.17, 15) is 4.79 Å².